The molecular weight excluding hydrogens is 330 g/mol. The van der Waals surface area contributed by atoms with E-state index in [1.54, 1.807) is 35.2 Å². The molecule has 1 aromatic carbocycles. The Morgan fingerprint density at radius 3 is 2.67 bits per heavy atom. The van der Waals surface area contributed by atoms with Gasteiger partial charge in [0.05, 0.1) is 23.9 Å². The van der Waals surface area contributed by atoms with E-state index in [2.05, 4.69) is 10.3 Å². The third kappa shape index (κ3) is 3.72. The van der Waals surface area contributed by atoms with Crippen molar-refractivity contribution in [3.8, 4) is 0 Å². The number of pyridine rings is 1. The maximum atomic E-state index is 12.4. The largest absolute Gasteiger partial charge is 0.378 e. The van der Waals surface area contributed by atoms with Crippen LogP contribution in [0.4, 0.5) is 5.69 Å². The van der Waals surface area contributed by atoms with E-state index in [1.165, 1.54) is 12.3 Å². The molecule has 2 amide bonds. The third-order valence-corrected chi connectivity index (χ3v) is 3.99. The van der Waals surface area contributed by atoms with Crippen LogP contribution in [0.2, 0.25) is 5.02 Å². The molecule has 1 aliphatic rings. The second-order valence-electron chi connectivity index (χ2n) is 5.27. The van der Waals surface area contributed by atoms with Crippen LogP contribution in [-0.4, -0.2) is 48.0 Å². The minimum absolute atomic E-state index is 0.203. The molecule has 0 saturated carbocycles. The number of halogens is 1. The number of carbonyl (C=O) groups excluding carboxylic acids is 2. The number of benzene rings is 1. The highest BCUT2D eigenvalue weighted by Crippen LogP contribution is 2.21. The summed E-state index contributed by atoms with van der Waals surface area (Å²) in [6, 6.07) is 10.0. The number of ether oxygens (including phenoxy) is 1. The molecule has 0 unspecified atom stereocenters. The molecule has 0 aliphatic carbocycles. The molecule has 2 heterocycles. The molecule has 6 nitrogen and oxygen atoms in total. The van der Waals surface area contributed by atoms with Gasteiger partial charge in [0.1, 0.15) is 5.69 Å². The summed E-state index contributed by atoms with van der Waals surface area (Å²) in [4.78, 5) is 30.6. The van der Waals surface area contributed by atoms with Crippen molar-refractivity contribution in [2.75, 3.05) is 31.6 Å². The fraction of sp³-hybridized carbons (Fsp3) is 0.235. The molecule has 1 aromatic heterocycles. The smallest absolute Gasteiger partial charge is 0.272 e. The number of aromatic nitrogens is 1. The van der Waals surface area contributed by atoms with Crippen LogP contribution in [0, 0.1) is 0 Å². The first-order chi connectivity index (χ1) is 11.6. The Balaban J connectivity index is 1.76. The monoisotopic (exact) mass is 345 g/mol. The Kier molecular flexibility index (Phi) is 5.08. The number of amides is 2. The highest BCUT2D eigenvalue weighted by Gasteiger charge is 2.20. The Morgan fingerprint density at radius 1 is 1.17 bits per heavy atom. The van der Waals surface area contributed by atoms with Gasteiger partial charge in [-0.25, -0.2) is 0 Å². The van der Waals surface area contributed by atoms with Crippen LogP contribution >= 0.6 is 11.6 Å². The first-order valence-corrected chi connectivity index (χ1v) is 7.92. The lowest BCUT2D eigenvalue weighted by atomic mass is 10.2. The van der Waals surface area contributed by atoms with Gasteiger partial charge in [0.25, 0.3) is 11.8 Å². The van der Waals surface area contributed by atoms with Gasteiger partial charge in [-0.2, -0.15) is 0 Å². The highest BCUT2D eigenvalue weighted by atomic mass is 35.5. The number of hydrogen-bond donors (Lipinski definition) is 1. The summed E-state index contributed by atoms with van der Waals surface area (Å²) < 4.78 is 5.23. The van der Waals surface area contributed by atoms with E-state index in [1.807, 2.05) is 0 Å². The number of nitrogens with one attached hydrogen (secondary N) is 1. The van der Waals surface area contributed by atoms with Gasteiger partial charge in [0.15, 0.2) is 0 Å². The lowest BCUT2D eigenvalue weighted by Gasteiger charge is -2.26. The highest BCUT2D eigenvalue weighted by molar-refractivity contribution is 6.33. The first kappa shape index (κ1) is 16.4. The molecular formula is C17H16ClN3O3. The van der Waals surface area contributed by atoms with Gasteiger partial charge in [-0.15, -0.1) is 0 Å². The van der Waals surface area contributed by atoms with Crippen LogP contribution in [0.1, 0.15) is 20.8 Å². The second kappa shape index (κ2) is 7.42. The number of rotatable bonds is 3. The first-order valence-electron chi connectivity index (χ1n) is 7.54. The van der Waals surface area contributed by atoms with Crippen LogP contribution in [0.15, 0.2) is 42.6 Å². The maximum absolute atomic E-state index is 12.4. The van der Waals surface area contributed by atoms with Gasteiger partial charge < -0.3 is 15.0 Å². The van der Waals surface area contributed by atoms with Crippen LogP contribution in [-0.2, 0) is 4.74 Å². The van der Waals surface area contributed by atoms with Crippen molar-refractivity contribution in [1.29, 1.82) is 0 Å². The molecule has 1 aliphatic heterocycles. The van der Waals surface area contributed by atoms with Crippen LogP contribution in [0.5, 0.6) is 0 Å². The van der Waals surface area contributed by atoms with Crippen molar-refractivity contribution in [2.45, 2.75) is 0 Å². The van der Waals surface area contributed by atoms with Crippen molar-refractivity contribution in [3.63, 3.8) is 0 Å². The minimum atomic E-state index is -0.346. The van der Waals surface area contributed by atoms with Gasteiger partial charge >= 0.3 is 0 Å². The van der Waals surface area contributed by atoms with Gasteiger partial charge in [-0.3, -0.25) is 14.6 Å². The van der Waals surface area contributed by atoms with E-state index in [0.717, 1.165) is 0 Å². The number of morpholine rings is 1. The summed E-state index contributed by atoms with van der Waals surface area (Å²) in [7, 11) is 0. The van der Waals surface area contributed by atoms with Crippen molar-refractivity contribution < 1.29 is 14.3 Å². The van der Waals surface area contributed by atoms with Crippen molar-refractivity contribution in [3.05, 3.63) is 58.9 Å². The molecule has 1 N–H and O–H groups in total. The molecule has 0 atom stereocenters. The molecule has 1 saturated heterocycles. The van der Waals surface area contributed by atoms with E-state index < -0.39 is 0 Å². The number of carbonyl (C=O) groups is 2. The standard InChI is InChI=1S/C17H16ClN3O3/c18-13-3-1-2-4-14(13)20-16(22)12-5-6-19-15(11-12)17(23)21-7-9-24-10-8-21/h1-6,11H,7-10H2,(H,20,22). The zero-order valence-corrected chi connectivity index (χ0v) is 13.6. The number of anilines is 1. The third-order valence-electron chi connectivity index (χ3n) is 3.66. The van der Waals surface area contributed by atoms with Gasteiger partial charge in [-0.1, -0.05) is 23.7 Å². The fourth-order valence-corrected chi connectivity index (χ4v) is 2.56. The Labute approximate surface area is 144 Å². The molecule has 1 fully saturated rings. The normalized spacial score (nSPS) is 14.3. The second-order valence-corrected chi connectivity index (χ2v) is 5.68. The van der Waals surface area contributed by atoms with Crippen molar-refractivity contribution in [2.24, 2.45) is 0 Å². The summed E-state index contributed by atoms with van der Waals surface area (Å²) >= 11 is 6.04. The zero-order valence-electron chi connectivity index (χ0n) is 12.9. The van der Waals surface area contributed by atoms with Crippen LogP contribution in [0.3, 0.4) is 0 Å². The predicted molar refractivity (Wildman–Crippen MR) is 90.4 cm³/mol. The van der Waals surface area contributed by atoms with Crippen molar-refractivity contribution in [1.82, 2.24) is 9.88 Å². The lowest BCUT2D eigenvalue weighted by molar-refractivity contribution is 0.0299. The zero-order chi connectivity index (χ0) is 16.9. The molecule has 0 spiro atoms. The van der Waals surface area contributed by atoms with E-state index >= 15 is 0 Å². The number of nitrogens with zero attached hydrogens (tertiary/aromatic N) is 2. The quantitative estimate of drug-likeness (QED) is 0.927. The summed E-state index contributed by atoms with van der Waals surface area (Å²) in [5.41, 5.74) is 1.10. The Hall–Kier alpha value is -2.44. The Bertz CT molecular complexity index is 760. The average molecular weight is 346 g/mol. The van der Waals surface area contributed by atoms with Gasteiger partial charge in [-0.05, 0) is 24.3 Å². The van der Waals surface area contributed by atoms with Crippen LogP contribution in [0.25, 0.3) is 0 Å². The molecule has 0 bridgehead atoms. The summed E-state index contributed by atoms with van der Waals surface area (Å²) in [6.45, 7) is 2.07. The van der Waals surface area contributed by atoms with E-state index in [-0.39, 0.29) is 17.5 Å². The molecule has 24 heavy (non-hydrogen) atoms. The van der Waals surface area contributed by atoms with Gasteiger partial charge in [0, 0.05) is 24.8 Å². The van der Waals surface area contributed by atoms with E-state index in [0.29, 0.717) is 42.6 Å². The molecule has 0 radical (unpaired) electrons. The molecule has 2 aromatic rings. The fourth-order valence-electron chi connectivity index (χ4n) is 2.37. The molecule has 7 heteroatoms. The number of hydrogen-bond acceptors (Lipinski definition) is 4. The van der Waals surface area contributed by atoms with Gasteiger partial charge in [0.2, 0.25) is 0 Å². The molecule has 3 rings (SSSR count). The predicted octanol–water partition coefficient (Wildman–Crippen LogP) is 2.46. The Morgan fingerprint density at radius 2 is 1.92 bits per heavy atom. The average Bonchev–Trinajstić information content (AvgIpc) is 2.64. The summed E-state index contributed by atoms with van der Waals surface area (Å²) in [6.07, 6.45) is 1.45. The van der Waals surface area contributed by atoms with E-state index in [4.69, 9.17) is 16.3 Å². The number of para-hydroxylation sites is 1. The van der Waals surface area contributed by atoms with Crippen molar-refractivity contribution >= 4 is 29.1 Å². The summed E-state index contributed by atoms with van der Waals surface area (Å²) in [5, 5.41) is 3.18. The lowest BCUT2D eigenvalue weighted by Crippen LogP contribution is -2.41. The SMILES string of the molecule is O=C(Nc1ccccc1Cl)c1ccnc(C(=O)N2CCOCC2)c1. The van der Waals surface area contributed by atoms with Crippen LogP contribution < -0.4 is 5.32 Å². The van der Waals surface area contributed by atoms with E-state index in [9.17, 15) is 9.59 Å². The topological polar surface area (TPSA) is 71.5 Å². The summed E-state index contributed by atoms with van der Waals surface area (Å²) in [5.74, 6) is -0.549. The minimum Gasteiger partial charge on any atom is -0.378 e. The molecule has 124 valence electrons. The maximum Gasteiger partial charge on any atom is 0.272 e.